The van der Waals surface area contributed by atoms with Gasteiger partial charge in [-0.3, -0.25) is 0 Å². The Morgan fingerprint density at radius 1 is 1.20 bits per heavy atom. The fraction of sp³-hybridized carbons (Fsp3) is 0.182. The van der Waals surface area contributed by atoms with E-state index in [9.17, 15) is 26.4 Å². The predicted octanol–water partition coefficient (Wildman–Crippen LogP) is 3.69. The fourth-order valence-corrected chi connectivity index (χ4v) is 3.48. The number of halogens is 3. The van der Waals surface area contributed by atoms with Crippen LogP contribution in [-0.4, -0.2) is 43.1 Å². The first kappa shape index (κ1) is 25.6. The highest BCUT2D eigenvalue weighted by atomic mass is 32.2. The van der Waals surface area contributed by atoms with Crippen LogP contribution in [0, 0.1) is 0 Å². The summed E-state index contributed by atoms with van der Waals surface area (Å²) >= 11 is 0. The van der Waals surface area contributed by atoms with E-state index in [1.54, 1.807) is 6.92 Å². The van der Waals surface area contributed by atoms with E-state index < -0.39 is 38.9 Å². The third-order valence-electron chi connectivity index (χ3n) is 4.42. The molecule has 3 rings (SSSR count). The van der Waals surface area contributed by atoms with Gasteiger partial charge >= 0.3 is 12.1 Å². The number of sulfone groups is 1. The standard InChI is InChI=1S/C22H19F3N4O5S/c1-3-33-21(30)16(26)12-18(27-17-10-5-4-9-15(17)22(23,24)25)20-28-19(29-34-20)13-7-6-8-14(11-13)35(2,31)32/h4-12H,3,26H2,1-2H3/b16-12-,27-18?. The molecule has 0 aliphatic heterocycles. The van der Waals surface area contributed by atoms with Crippen LogP contribution in [0.1, 0.15) is 18.4 Å². The number of nitrogens with zero attached hydrogens (tertiary/aromatic N) is 3. The lowest BCUT2D eigenvalue weighted by molar-refractivity contribution is -0.138. The Kier molecular flexibility index (Phi) is 7.39. The van der Waals surface area contributed by atoms with Crippen molar-refractivity contribution < 1.29 is 35.6 Å². The minimum atomic E-state index is -4.71. The van der Waals surface area contributed by atoms with Gasteiger partial charge in [-0.15, -0.1) is 0 Å². The number of carbonyl (C=O) groups is 1. The van der Waals surface area contributed by atoms with Crippen LogP contribution in [0.4, 0.5) is 18.9 Å². The second kappa shape index (κ2) is 10.1. The monoisotopic (exact) mass is 508 g/mol. The van der Waals surface area contributed by atoms with Crippen molar-refractivity contribution in [3.05, 3.63) is 71.8 Å². The summed E-state index contributed by atoms with van der Waals surface area (Å²) in [6.45, 7) is 1.56. The number of aromatic nitrogens is 2. The number of aliphatic imine (C=N–C) groups is 1. The number of ether oxygens (including phenoxy) is 1. The highest BCUT2D eigenvalue weighted by Gasteiger charge is 2.33. The molecule has 35 heavy (non-hydrogen) atoms. The maximum atomic E-state index is 13.5. The highest BCUT2D eigenvalue weighted by Crippen LogP contribution is 2.36. The van der Waals surface area contributed by atoms with Crippen LogP contribution < -0.4 is 5.73 Å². The average molecular weight is 508 g/mol. The molecule has 0 saturated heterocycles. The number of allylic oxidation sites excluding steroid dienone is 1. The van der Waals surface area contributed by atoms with Crippen molar-refractivity contribution in [3.63, 3.8) is 0 Å². The van der Waals surface area contributed by atoms with Crippen molar-refractivity contribution in [1.29, 1.82) is 0 Å². The number of nitrogens with two attached hydrogens (primary N) is 1. The van der Waals surface area contributed by atoms with Crippen LogP contribution in [0.5, 0.6) is 0 Å². The van der Waals surface area contributed by atoms with Gasteiger partial charge in [0.25, 0.3) is 5.89 Å². The summed E-state index contributed by atoms with van der Waals surface area (Å²) in [5.41, 5.74) is 3.66. The van der Waals surface area contributed by atoms with Crippen molar-refractivity contribution in [1.82, 2.24) is 10.1 Å². The molecule has 0 unspecified atom stereocenters. The topological polar surface area (TPSA) is 138 Å². The molecule has 0 aliphatic carbocycles. The summed E-state index contributed by atoms with van der Waals surface area (Å²) in [7, 11) is -3.53. The van der Waals surface area contributed by atoms with Gasteiger partial charge in [-0.1, -0.05) is 29.4 Å². The van der Waals surface area contributed by atoms with Crippen molar-refractivity contribution >= 4 is 27.2 Å². The Balaban J connectivity index is 2.14. The molecule has 0 saturated carbocycles. The number of hydrogen-bond donors (Lipinski definition) is 1. The lowest BCUT2D eigenvalue weighted by Gasteiger charge is -2.10. The first-order valence-corrected chi connectivity index (χ1v) is 11.8. The maximum absolute atomic E-state index is 13.5. The first-order valence-electron chi connectivity index (χ1n) is 9.94. The lowest BCUT2D eigenvalue weighted by Crippen LogP contribution is -2.17. The zero-order valence-electron chi connectivity index (χ0n) is 18.4. The van der Waals surface area contributed by atoms with Crippen molar-refractivity contribution in [2.24, 2.45) is 10.7 Å². The normalized spacial score (nSPS) is 13.1. The number of hydrogen-bond acceptors (Lipinski definition) is 9. The van der Waals surface area contributed by atoms with Gasteiger partial charge in [-0.2, -0.15) is 18.2 Å². The quantitative estimate of drug-likeness (QED) is 0.290. The summed E-state index contributed by atoms with van der Waals surface area (Å²) in [5.74, 6) is -1.36. The number of rotatable bonds is 7. The predicted molar refractivity (Wildman–Crippen MR) is 119 cm³/mol. The Morgan fingerprint density at radius 3 is 2.57 bits per heavy atom. The zero-order chi connectivity index (χ0) is 25.8. The van der Waals surface area contributed by atoms with Crippen LogP contribution in [0.3, 0.4) is 0 Å². The molecule has 0 fully saturated rings. The lowest BCUT2D eigenvalue weighted by atomic mass is 10.1. The van der Waals surface area contributed by atoms with Crippen molar-refractivity contribution in [3.8, 4) is 11.4 Å². The van der Waals surface area contributed by atoms with E-state index in [2.05, 4.69) is 15.1 Å². The van der Waals surface area contributed by atoms with E-state index in [-0.39, 0.29) is 34.5 Å². The fourth-order valence-electron chi connectivity index (χ4n) is 2.81. The van der Waals surface area contributed by atoms with Crippen LogP contribution in [0.25, 0.3) is 11.4 Å². The molecule has 0 atom stereocenters. The molecule has 13 heteroatoms. The molecule has 0 aliphatic rings. The van der Waals surface area contributed by atoms with E-state index in [0.717, 1.165) is 24.5 Å². The molecule has 9 nitrogen and oxygen atoms in total. The summed E-state index contributed by atoms with van der Waals surface area (Å²) in [6, 6.07) is 10.2. The van der Waals surface area contributed by atoms with Crippen LogP contribution in [-0.2, 0) is 25.5 Å². The van der Waals surface area contributed by atoms with Gasteiger partial charge in [0.2, 0.25) is 5.82 Å². The molecular weight excluding hydrogens is 489 g/mol. The van der Waals surface area contributed by atoms with Gasteiger partial charge in [0.15, 0.2) is 9.84 Å². The molecule has 1 heterocycles. The Labute approximate surface area is 198 Å². The minimum absolute atomic E-state index is 0.000737. The molecule has 2 N–H and O–H groups in total. The average Bonchev–Trinajstić information content (AvgIpc) is 3.28. The number of alkyl halides is 3. The molecule has 0 radical (unpaired) electrons. The maximum Gasteiger partial charge on any atom is 0.418 e. The van der Waals surface area contributed by atoms with E-state index in [4.69, 9.17) is 15.0 Å². The van der Waals surface area contributed by atoms with Crippen LogP contribution in [0.15, 0.2) is 74.7 Å². The molecule has 2 aromatic carbocycles. The summed E-state index contributed by atoms with van der Waals surface area (Å²) < 4.78 is 74.1. The van der Waals surface area contributed by atoms with Crippen molar-refractivity contribution in [2.45, 2.75) is 18.0 Å². The third-order valence-corrected chi connectivity index (χ3v) is 5.53. The van der Waals surface area contributed by atoms with Crippen LogP contribution >= 0.6 is 0 Å². The highest BCUT2D eigenvalue weighted by molar-refractivity contribution is 7.90. The Hall–Kier alpha value is -4.00. The minimum Gasteiger partial charge on any atom is -0.461 e. The first-order chi connectivity index (χ1) is 16.4. The number of esters is 1. The molecule has 0 spiro atoms. The molecule has 1 aromatic heterocycles. The van der Waals surface area contributed by atoms with E-state index in [0.29, 0.717) is 0 Å². The Bertz CT molecular complexity index is 1410. The summed E-state index contributed by atoms with van der Waals surface area (Å²) in [4.78, 5) is 20.1. The van der Waals surface area contributed by atoms with Gasteiger partial charge in [0, 0.05) is 11.8 Å². The largest absolute Gasteiger partial charge is 0.461 e. The molecular formula is C22H19F3N4O5S. The Morgan fingerprint density at radius 2 is 1.91 bits per heavy atom. The molecule has 0 amide bonds. The third kappa shape index (κ3) is 6.32. The SMILES string of the molecule is CCOC(=O)/C(N)=C/C(=Nc1ccccc1C(F)(F)F)c1nc(-c2cccc(S(C)(=O)=O)c2)no1. The molecule has 3 aromatic rings. The number of para-hydroxylation sites is 1. The van der Waals surface area contributed by atoms with E-state index >= 15 is 0 Å². The second-order valence-electron chi connectivity index (χ2n) is 7.06. The van der Waals surface area contributed by atoms with Gasteiger partial charge in [0.05, 0.1) is 22.8 Å². The van der Waals surface area contributed by atoms with Gasteiger partial charge in [-0.05, 0) is 37.3 Å². The summed E-state index contributed by atoms with van der Waals surface area (Å²) in [5, 5.41) is 3.76. The van der Waals surface area contributed by atoms with Gasteiger partial charge in [-0.25, -0.2) is 18.2 Å². The smallest absolute Gasteiger partial charge is 0.418 e. The molecule has 184 valence electrons. The number of benzene rings is 2. The van der Waals surface area contributed by atoms with Gasteiger partial charge < -0.3 is 15.0 Å². The zero-order valence-corrected chi connectivity index (χ0v) is 19.2. The van der Waals surface area contributed by atoms with E-state index in [1.807, 2.05) is 0 Å². The second-order valence-corrected chi connectivity index (χ2v) is 9.07. The van der Waals surface area contributed by atoms with Gasteiger partial charge in [0.1, 0.15) is 11.4 Å². The van der Waals surface area contributed by atoms with Crippen molar-refractivity contribution in [2.75, 3.05) is 12.9 Å². The van der Waals surface area contributed by atoms with Crippen LogP contribution in [0.2, 0.25) is 0 Å². The summed E-state index contributed by atoms with van der Waals surface area (Å²) in [6.07, 6.45) is -2.73. The van der Waals surface area contributed by atoms with E-state index in [1.165, 1.54) is 36.4 Å². The molecule has 0 bridgehead atoms. The number of carbonyl (C=O) groups excluding carboxylic acids is 1.